The monoisotopic (exact) mass is 518 g/mol. The van der Waals surface area contributed by atoms with Gasteiger partial charge in [-0.05, 0) is 77.9 Å². The molecule has 2 aliphatic rings. The fraction of sp³-hybridized carbons (Fsp3) is 0.452. The molecule has 0 spiro atoms. The molecule has 38 heavy (non-hydrogen) atoms. The van der Waals surface area contributed by atoms with Crippen molar-refractivity contribution in [3.8, 4) is 17.2 Å². The minimum atomic E-state index is -0.451. The van der Waals surface area contributed by atoms with E-state index in [1.165, 1.54) is 0 Å². The lowest BCUT2D eigenvalue weighted by atomic mass is 9.93. The zero-order valence-electron chi connectivity index (χ0n) is 22.6. The van der Waals surface area contributed by atoms with Gasteiger partial charge in [0.1, 0.15) is 5.75 Å². The van der Waals surface area contributed by atoms with Gasteiger partial charge in [0, 0.05) is 38.2 Å². The summed E-state index contributed by atoms with van der Waals surface area (Å²) >= 11 is 0. The lowest BCUT2D eigenvalue weighted by molar-refractivity contribution is 0.0579. The number of aliphatic hydroxyl groups is 1. The summed E-state index contributed by atoms with van der Waals surface area (Å²) in [6.07, 6.45) is 3.15. The highest BCUT2D eigenvalue weighted by Gasteiger charge is 2.30. The Bertz CT molecular complexity index is 1290. The van der Waals surface area contributed by atoms with Crippen LogP contribution in [0.5, 0.6) is 17.2 Å². The van der Waals surface area contributed by atoms with Crippen molar-refractivity contribution in [2.24, 2.45) is 5.92 Å². The maximum absolute atomic E-state index is 13.3. The SMILES string of the molecule is COc1ccc2c(CC(O)CN3CCCC(CN4CCc5cc(OC)c(OC)cc5C4=O)C3)cccc2c1. The Morgan fingerprint density at radius 1 is 1.00 bits per heavy atom. The van der Waals surface area contributed by atoms with E-state index in [0.717, 1.165) is 66.5 Å². The molecule has 1 fully saturated rings. The van der Waals surface area contributed by atoms with Crippen LogP contribution in [0.1, 0.15) is 34.3 Å². The fourth-order valence-corrected chi connectivity index (χ4v) is 6.06. The highest BCUT2D eigenvalue weighted by Crippen LogP contribution is 2.34. The Hall–Kier alpha value is -3.29. The fourth-order valence-electron chi connectivity index (χ4n) is 6.06. The second-order valence-corrected chi connectivity index (χ2v) is 10.5. The molecule has 2 atom stereocenters. The van der Waals surface area contributed by atoms with Gasteiger partial charge in [-0.2, -0.15) is 0 Å². The number of fused-ring (bicyclic) bond motifs is 2. The van der Waals surface area contributed by atoms with Crippen molar-refractivity contribution in [2.45, 2.75) is 31.8 Å². The summed E-state index contributed by atoms with van der Waals surface area (Å²) in [6, 6.07) is 16.0. The van der Waals surface area contributed by atoms with E-state index in [-0.39, 0.29) is 5.91 Å². The summed E-state index contributed by atoms with van der Waals surface area (Å²) in [5.41, 5.74) is 2.88. The standard InChI is InChI=1S/C31H38N2O5/c1-36-26-9-10-27-22(7-4-8-23(27)15-26)14-25(34)20-32-12-5-6-21(18-32)19-33-13-11-24-16-29(37-2)30(38-3)17-28(24)31(33)35/h4,7-10,15-17,21,25,34H,5-6,11-14,18-20H2,1-3H3. The molecule has 1 saturated heterocycles. The second-order valence-electron chi connectivity index (χ2n) is 10.5. The minimum absolute atomic E-state index is 0.0666. The first-order chi connectivity index (χ1) is 18.5. The van der Waals surface area contributed by atoms with Crippen LogP contribution in [-0.2, 0) is 12.8 Å². The summed E-state index contributed by atoms with van der Waals surface area (Å²) in [5, 5.41) is 13.3. The van der Waals surface area contributed by atoms with Crippen molar-refractivity contribution in [3.63, 3.8) is 0 Å². The molecule has 1 amide bonds. The molecule has 7 heteroatoms. The van der Waals surface area contributed by atoms with Crippen LogP contribution >= 0.6 is 0 Å². The number of hydrogen-bond acceptors (Lipinski definition) is 6. The Morgan fingerprint density at radius 3 is 2.61 bits per heavy atom. The van der Waals surface area contributed by atoms with E-state index < -0.39 is 6.10 Å². The average Bonchev–Trinajstić information content (AvgIpc) is 2.94. The summed E-state index contributed by atoms with van der Waals surface area (Å²) in [6.45, 7) is 3.97. The quantitative estimate of drug-likeness (QED) is 0.458. The lowest BCUT2D eigenvalue weighted by Crippen LogP contribution is -2.46. The van der Waals surface area contributed by atoms with E-state index in [2.05, 4.69) is 23.1 Å². The lowest BCUT2D eigenvalue weighted by Gasteiger charge is -2.38. The topological polar surface area (TPSA) is 71.5 Å². The highest BCUT2D eigenvalue weighted by atomic mass is 16.5. The predicted octanol–water partition coefficient (Wildman–Crippen LogP) is 4.18. The first kappa shape index (κ1) is 26.3. The zero-order chi connectivity index (χ0) is 26.6. The van der Waals surface area contributed by atoms with Gasteiger partial charge in [-0.25, -0.2) is 0 Å². The van der Waals surface area contributed by atoms with Crippen LogP contribution in [0.3, 0.4) is 0 Å². The number of aliphatic hydroxyl groups excluding tert-OH is 1. The smallest absolute Gasteiger partial charge is 0.254 e. The summed E-state index contributed by atoms with van der Waals surface area (Å²) in [4.78, 5) is 17.7. The van der Waals surface area contributed by atoms with Crippen molar-refractivity contribution in [1.82, 2.24) is 9.80 Å². The molecule has 1 N–H and O–H groups in total. The van der Waals surface area contributed by atoms with Crippen molar-refractivity contribution >= 4 is 16.7 Å². The van der Waals surface area contributed by atoms with Crippen molar-refractivity contribution in [2.75, 3.05) is 54.1 Å². The van der Waals surface area contributed by atoms with Crippen molar-refractivity contribution in [1.29, 1.82) is 0 Å². The number of carbonyl (C=O) groups excluding carboxylic acids is 1. The van der Waals surface area contributed by atoms with Crippen LogP contribution in [0.25, 0.3) is 10.8 Å². The van der Waals surface area contributed by atoms with Crippen LogP contribution < -0.4 is 14.2 Å². The van der Waals surface area contributed by atoms with Crippen molar-refractivity contribution < 1.29 is 24.1 Å². The average molecular weight is 519 g/mol. The predicted molar refractivity (Wildman–Crippen MR) is 149 cm³/mol. The normalized spacial score (nSPS) is 18.8. The summed E-state index contributed by atoms with van der Waals surface area (Å²) in [7, 11) is 4.89. The van der Waals surface area contributed by atoms with Gasteiger partial charge < -0.3 is 29.1 Å². The van der Waals surface area contributed by atoms with E-state index >= 15 is 0 Å². The number of methoxy groups -OCH3 is 3. The molecule has 0 saturated carbocycles. The van der Waals surface area contributed by atoms with Gasteiger partial charge in [-0.1, -0.05) is 24.3 Å². The number of likely N-dealkylation sites (tertiary alicyclic amines) is 1. The largest absolute Gasteiger partial charge is 0.497 e. The first-order valence-corrected chi connectivity index (χ1v) is 13.5. The van der Waals surface area contributed by atoms with Crippen LogP contribution in [-0.4, -0.2) is 81.0 Å². The molecule has 0 aromatic heterocycles. The van der Waals surface area contributed by atoms with Crippen molar-refractivity contribution in [3.05, 3.63) is 65.2 Å². The molecule has 0 aliphatic carbocycles. The second kappa shape index (κ2) is 11.6. The third-order valence-corrected chi connectivity index (χ3v) is 7.96. The number of hydrogen-bond donors (Lipinski definition) is 1. The summed E-state index contributed by atoms with van der Waals surface area (Å²) in [5.74, 6) is 2.55. The molecule has 3 aromatic rings. The maximum Gasteiger partial charge on any atom is 0.254 e. The molecule has 202 valence electrons. The number of ether oxygens (including phenoxy) is 3. The number of nitrogens with zero attached hydrogens (tertiary/aromatic N) is 2. The Kier molecular flexibility index (Phi) is 8.05. The first-order valence-electron chi connectivity index (χ1n) is 13.5. The third-order valence-electron chi connectivity index (χ3n) is 7.96. The molecular weight excluding hydrogens is 480 g/mol. The van der Waals surface area contributed by atoms with E-state index in [1.807, 2.05) is 35.2 Å². The molecular formula is C31H38N2O5. The van der Waals surface area contributed by atoms with Crippen LogP contribution in [0.4, 0.5) is 0 Å². The van der Waals surface area contributed by atoms with Gasteiger partial charge in [0.25, 0.3) is 5.91 Å². The minimum Gasteiger partial charge on any atom is -0.497 e. The number of β-amino-alcohol motifs (C(OH)–C–C–N with tert-alkyl or cyclic N) is 1. The van der Waals surface area contributed by atoms with Gasteiger partial charge in [0.2, 0.25) is 0 Å². The van der Waals surface area contributed by atoms with E-state index in [4.69, 9.17) is 14.2 Å². The molecule has 0 bridgehead atoms. The summed E-state index contributed by atoms with van der Waals surface area (Å²) < 4.78 is 16.2. The maximum atomic E-state index is 13.3. The Morgan fingerprint density at radius 2 is 1.82 bits per heavy atom. The molecule has 3 aromatic carbocycles. The van der Waals surface area contributed by atoms with Gasteiger partial charge >= 0.3 is 0 Å². The Labute approximate surface area is 224 Å². The molecule has 0 radical (unpaired) electrons. The molecule has 2 unspecified atom stereocenters. The third kappa shape index (κ3) is 5.59. The van der Waals surface area contributed by atoms with Gasteiger partial charge in [0.15, 0.2) is 11.5 Å². The van der Waals surface area contributed by atoms with Gasteiger partial charge in [0.05, 0.1) is 27.4 Å². The Balaban J connectivity index is 1.19. The van der Waals surface area contributed by atoms with Crippen LogP contribution in [0.2, 0.25) is 0 Å². The van der Waals surface area contributed by atoms with Crippen LogP contribution in [0, 0.1) is 5.92 Å². The highest BCUT2D eigenvalue weighted by molar-refractivity contribution is 5.97. The number of benzene rings is 3. The van der Waals surface area contributed by atoms with Crippen LogP contribution in [0.15, 0.2) is 48.5 Å². The number of carbonyl (C=O) groups is 1. The molecule has 5 rings (SSSR count). The molecule has 2 aliphatic heterocycles. The number of amides is 1. The number of rotatable bonds is 9. The van der Waals surface area contributed by atoms with Gasteiger partial charge in [-0.3, -0.25) is 4.79 Å². The zero-order valence-corrected chi connectivity index (χ0v) is 22.6. The molecule has 7 nitrogen and oxygen atoms in total. The van der Waals surface area contributed by atoms with E-state index in [9.17, 15) is 9.90 Å². The molecule has 2 heterocycles. The van der Waals surface area contributed by atoms with E-state index in [0.29, 0.717) is 42.5 Å². The van der Waals surface area contributed by atoms with Gasteiger partial charge in [-0.15, -0.1) is 0 Å². The van der Waals surface area contributed by atoms with E-state index in [1.54, 1.807) is 21.3 Å². The number of piperidine rings is 1.